The second-order valence-electron chi connectivity index (χ2n) is 20.7. The van der Waals surface area contributed by atoms with Gasteiger partial charge in [0.15, 0.2) is 5.78 Å². The van der Waals surface area contributed by atoms with E-state index in [0.29, 0.717) is 18.3 Å². The molecule has 3 N–H and O–H groups in total. The fourth-order valence-electron chi connectivity index (χ4n) is 13.8. The Morgan fingerprint density at radius 1 is 0.865 bits per heavy atom. The Morgan fingerprint density at radius 2 is 1.54 bits per heavy atom. The van der Waals surface area contributed by atoms with Gasteiger partial charge in [-0.15, -0.1) is 0 Å². The zero-order valence-corrected chi connectivity index (χ0v) is 33.8. The predicted octanol–water partition coefficient (Wildman–Crippen LogP) is 8.44. The van der Waals surface area contributed by atoms with E-state index in [0.717, 1.165) is 82.6 Å². The first kappa shape index (κ1) is 39.5. The van der Waals surface area contributed by atoms with Crippen LogP contribution in [0.5, 0.6) is 0 Å². The van der Waals surface area contributed by atoms with Gasteiger partial charge in [-0.05, 0) is 124 Å². The molecule has 0 radical (unpaired) electrons. The Labute approximate surface area is 313 Å². The highest BCUT2D eigenvalue weighted by molar-refractivity contribution is 6.00. The van der Waals surface area contributed by atoms with Gasteiger partial charge in [-0.2, -0.15) is 0 Å². The third-order valence-corrected chi connectivity index (χ3v) is 16.9. The Bertz CT molecular complexity index is 1490. The standard InChI is InChI=1S/C44H69NO7/c1-26(2)35-29(46)23-44(32(47)25-45-37(49)27-13-11-10-12-14-27)22-21-42(8)28(36(35)44)15-16-31-41(7)19-18-33(52-34(48)24-39(3,4)38(50)51)40(5,6)30(41)17-20-43(31,42)9/h26-28,30-33,47H,10-25H2,1-9H3,(H,45,49)(H,50,51)/t28-,30-,31-,32-,33+,41+,42-,43-,44+/m1/s1. The predicted molar refractivity (Wildman–Crippen MR) is 201 cm³/mol. The zero-order valence-electron chi connectivity index (χ0n) is 33.8. The summed E-state index contributed by atoms with van der Waals surface area (Å²) in [4.78, 5) is 52.0. The monoisotopic (exact) mass is 724 g/mol. The highest BCUT2D eigenvalue weighted by atomic mass is 16.5. The van der Waals surface area contributed by atoms with Crippen molar-refractivity contribution >= 4 is 23.6 Å². The molecule has 0 aliphatic heterocycles. The van der Waals surface area contributed by atoms with Gasteiger partial charge in [-0.1, -0.05) is 73.3 Å². The summed E-state index contributed by atoms with van der Waals surface area (Å²) in [5, 5.41) is 24.9. The number of esters is 1. The van der Waals surface area contributed by atoms with E-state index in [1.165, 1.54) is 12.0 Å². The first-order valence-electron chi connectivity index (χ1n) is 20.8. The second-order valence-corrected chi connectivity index (χ2v) is 20.7. The van der Waals surface area contributed by atoms with Crippen molar-refractivity contribution in [2.24, 2.45) is 62.1 Å². The minimum Gasteiger partial charge on any atom is -0.481 e. The van der Waals surface area contributed by atoms with Gasteiger partial charge in [0.1, 0.15) is 6.10 Å². The average Bonchev–Trinajstić information content (AvgIpc) is 3.38. The number of rotatable bonds is 9. The van der Waals surface area contributed by atoms with Gasteiger partial charge in [0, 0.05) is 29.7 Å². The van der Waals surface area contributed by atoms with Crippen LogP contribution >= 0.6 is 0 Å². The van der Waals surface area contributed by atoms with Crippen molar-refractivity contribution in [3.05, 3.63) is 11.1 Å². The molecule has 0 heterocycles. The Morgan fingerprint density at radius 3 is 2.17 bits per heavy atom. The first-order chi connectivity index (χ1) is 24.2. The second kappa shape index (κ2) is 13.5. The van der Waals surface area contributed by atoms with Crippen LogP contribution in [0, 0.1) is 62.1 Å². The van der Waals surface area contributed by atoms with Crippen molar-refractivity contribution < 1.29 is 34.1 Å². The van der Waals surface area contributed by atoms with Crippen molar-refractivity contribution in [3.63, 3.8) is 0 Å². The topological polar surface area (TPSA) is 130 Å². The average molecular weight is 724 g/mol. The minimum absolute atomic E-state index is 0.0271. The summed E-state index contributed by atoms with van der Waals surface area (Å²) in [6.45, 7) is 19.7. The summed E-state index contributed by atoms with van der Waals surface area (Å²) >= 11 is 0. The van der Waals surface area contributed by atoms with Crippen LogP contribution in [0.25, 0.3) is 0 Å². The lowest BCUT2D eigenvalue weighted by Gasteiger charge is -2.72. The molecule has 292 valence electrons. The Kier molecular flexibility index (Phi) is 10.3. The van der Waals surface area contributed by atoms with E-state index in [4.69, 9.17) is 4.74 Å². The van der Waals surface area contributed by atoms with E-state index in [-0.39, 0.29) is 70.2 Å². The highest BCUT2D eigenvalue weighted by Gasteiger charge is 2.70. The van der Waals surface area contributed by atoms with Crippen LogP contribution in [0.2, 0.25) is 0 Å². The molecule has 0 bridgehead atoms. The smallest absolute Gasteiger partial charge is 0.309 e. The lowest BCUT2D eigenvalue weighted by atomic mass is 9.33. The third kappa shape index (κ3) is 6.02. The molecule has 0 aromatic rings. The molecule has 0 aromatic heterocycles. The van der Waals surface area contributed by atoms with Gasteiger partial charge >= 0.3 is 11.9 Å². The fourth-order valence-corrected chi connectivity index (χ4v) is 13.8. The Balaban J connectivity index is 1.26. The Hall–Kier alpha value is -2.22. The number of carbonyl (C=O) groups excluding carboxylic acids is 3. The van der Waals surface area contributed by atoms with E-state index in [2.05, 4.69) is 53.8 Å². The number of aliphatic carboxylic acids is 1. The van der Waals surface area contributed by atoms with Crippen molar-refractivity contribution in [3.8, 4) is 0 Å². The number of aliphatic hydroxyl groups excluding tert-OH is 1. The summed E-state index contributed by atoms with van der Waals surface area (Å²) < 4.78 is 6.16. The maximum atomic E-state index is 14.0. The number of ether oxygens (including phenoxy) is 1. The number of aliphatic hydroxyl groups is 1. The molecule has 5 saturated carbocycles. The number of hydrogen-bond acceptors (Lipinski definition) is 6. The number of amides is 1. The number of ketones is 1. The molecular weight excluding hydrogens is 654 g/mol. The number of nitrogens with one attached hydrogen (secondary N) is 1. The van der Waals surface area contributed by atoms with E-state index < -0.39 is 28.9 Å². The maximum absolute atomic E-state index is 14.0. The van der Waals surface area contributed by atoms with Crippen molar-refractivity contribution in [1.29, 1.82) is 0 Å². The van der Waals surface area contributed by atoms with Gasteiger partial charge < -0.3 is 20.3 Å². The van der Waals surface area contributed by atoms with Crippen molar-refractivity contribution in [2.75, 3.05) is 6.54 Å². The number of carboxylic acids is 1. The number of carbonyl (C=O) groups is 4. The van der Waals surface area contributed by atoms with Crippen molar-refractivity contribution in [2.45, 2.75) is 171 Å². The summed E-state index contributed by atoms with van der Waals surface area (Å²) in [5.74, 6) is -0.0352. The number of hydrogen-bond donors (Lipinski definition) is 3. The van der Waals surface area contributed by atoms with E-state index >= 15 is 0 Å². The van der Waals surface area contributed by atoms with Gasteiger partial charge in [0.25, 0.3) is 0 Å². The maximum Gasteiger partial charge on any atom is 0.309 e. The van der Waals surface area contributed by atoms with Crippen LogP contribution in [0.3, 0.4) is 0 Å². The molecule has 0 saturated heterocycles. The molecule has 0 aromatic carbocycles. The SMILES string of the molecule is CC(C)C1=C2[C@H]3CC[C@@H]4[C@@]5(C)CC[C@H](OC(=O)CC(C)(C)C(=O)O)C(C)(C)[C@H]5CC[C@@]4(C)[C@]3(C)CC[C@@]2([C@H](O)CNC(=O)C2CCCCC2)CC1=O. The molecular formula is C44H69NO7. The molecule has 8 heteroatoms. The number of fused-ring (bicyclic) bond motifs is 7. The van der Waals surface area contributed by atoms with Gasteiger partial charge in [-0.3, -0.25) is 19.2 Å². The number of allylic oxidation sites excluding steroid dienone is 1. The molecule has 0 unspecified atom stereocenters. The molecule has 6 aliphatic carbocycles. The summed E-state index contributed by atoms with van der Waals surface area (Å²) in [7, 11) is 0. The molecule has 9 atom stereocenters. The molecule has 0 spiro atoms. The lowest BCUT2D eigenvalue weighted by Crippen LogP contribution is -2.66. The molecule has 6 aliphatic rings. The minimum atomic E-state index is -1.17. The zero-order chi connectivity index (χ0) is 38.2. The summed E-state index contributed by atoms with van der Waals surface area (Å²) in [6.07, 6.45) is 11.9. The van der Waals surface area contributed by atoms with Crippen LogP contribution in [-0.2, 0) is 23.9 Å². The molecule has 6 rings (SSSR count). The van der Waals surface area contributed by atoms with Crippen LogP contribution in [0.1, 0.15) is 159 Å². The highest BCUT2D eigenvalue weighted by Crippen LogP contribution is 2.77. The fraction of sp³-hybridized carbons (Fsp3) is 0.864. The molecule has 5 fully saturated rings. The first-order valence-corrected chi connectivity index (χ1v) is 20.8. The summed E-state index contributed by atoms with van der Waals surface area (Å²) in [6, 6.07) is 0. The van der Waals surface area contributed by atoms with Gasteiger partial charge in [0.2, 0.25) is 5.91 Å². The van der Waals surface area contributed by atoms with Gasteiger partial charge in [0.05, 0.1) is 17.9 Å². The normalized spacial score (nSPS) is 39.6. The van der Waals surface area contributed by atoms with Crippen LogP contribution in [0.15, 0.2) is 11.1 Å². The van der Waals surface area contributed by atoms with E-state index in [1.54, 1.807) is 13.8 Å². The van der Waals surface area contributed by atoms with E-state index in [9.17, 15) is 29.4 Å². The third-order valence-electron chi connectivity index (χ3n) is 16.9. The number of Topliss-reactive ketones (excluding diaryl/α,β-unsaturated/α-hetero) is 1. The van der Waals surface area contributed by atoms with Crippen LogP contribution < -0.4 is 5.32 Å². The van der Waals surface area contributed by atoms with Crippen molar-refractivity contribution in [1.82, 2.24) is 5.32 Å². The van der Waals surface area contributed by atoms with E-state index in [1.807, 2.05) is 0 Å². The molecule has 1 amide bonds. The van der Waals surface area contributed by atoms with Crippen LogP contribution in [-0.4, -0.2) is 52.6 Å². The molecule has 8 nitrogen and oxygen atoms in total. The lowest BCUT2D eigenvalue weighted by molar-refractivity contribution is -0.235. The van der Waals surface area contributed by atoms with Gasteiger partial charge in [-0.25, -0.2) is 0 Å². The molecule has 52 heavy (non-hydrogen) atoms. The summed E-state index contributed by atoms with van der Waals surface area (Å²) in [5.41, 5.74) is 0.159. The number of carboxylic acid groups (broad SMARTS) is 1. The largest absolute Gasteiger partial charge is 0.481 e. The quantitative estimate of drug-likeness (QED) is 0.204. The van der Waals surface area contributed by atoms with Crippen LogP contribution in [0.4, 0.5) is 0 Å².